The molecule has 0 saturated carbocycles. The number of nitrogens with one attached hydrogen (secondary N) is 1. The maximum absolute atomic E-state index is 12.2. The molecule has 1 saturated heterocycles. The van der Waals surface area contributed by atoms with Crippen LogP contribution in [0.3, 0.4) is 0 Å². The van der Waals surface area contributed by atoms with E-state index in [-0.39, 0.29) is 17.8 Å². The molecule has 0 unspecified atom stereocenters. The Bertz CT molecular complexity index is 478. The lowest BCUT2D eigenvalue weighted by atomic mass is 9.85. The van der Waals surface area contributed by atoms with Crippen LogP contribution in [-0.2, 0) is 6.54 Å². The first-order valence-electron chi connectivity index (χ1n) is 6.35. The van der Waals surface area contributed by atoms with E-state index in [4.69, 9.17) is 0 Å². The van der Waals surface area contributed by atoms with Gasteiger partial charge in [-0.15, -0.1) is 0 Å². The fourth-order valence-electron chi connectivity index (χ4n) is 1.95. The predicted octanol–water partition coefficient (Wildman–Crippen LogP) is 1.38. The Kier molecular flexibility index (Phi) is 3.94. The highest BCUT2D eigenvalue weighted by atomic mass is 19.3. The number of carbonyl (C=O) groups excluding carboxylic acids is 1. The molecule has 1 aromatic rings. The van der Waals surface area contributed by atoms with Crippen molar-refractivity contribution in [2.24, 2.45) is 5.92 Å². The molecule has 8 heteroatoms. The normalized spacial score (nSPS) is 16.4. The van der Waals surface area contributed by atoms with Gasteiger partial charge in [0.2, 0.25) is 0 Å². The van der Waals surface area contributed by atoms with Crippen LogP contribution in [0.1, 0.15) is 13.8 Å². The fraction of sp³-hybridized carbons (Fsp3) is 0.667. The Morgan fingerprint density at radius 2 is 2.25 bits per heavy atom. The Hall–Kier alpha value is -1.70. The number of carbonyl (C=O) groups is 1. The molecule has 0 bridgehead atoms. The molecule has 2 rings (SSSR count). The van der Waals surface area contributed by atoms with E-state index in [1.807, 2.05) is 0 Å². The number of rotatable bonds is 4. The molecule has 0 radical (unpaired) electrons. The van der Waals surface area contributed by atoms with Gasteiger partial charge in [0, 0.05) is 31.3 Å². The number of hydrogen-bond acceptors (Lipinski definition) is 3. The van der Waals surface area contributed by atoms with E-state index in [0.717, 1.165) is 4.68 Å². The molecule has 20 heavy (non-hydrogen) atoms. The van der Waals surface area contributed by atoms with Crippen LogP contribution in [-0.4, -0.2) is 50.9 Å². The number of alkyl halides is 2. The molecule has 1 fully saturated rings. The second kappa shape index (κ2) is 5.35. The molecule has 0 aliphatic carbocycles. The average Bonchev–Trinajstić information content (AvgIpc) is 2.59. The highest BCUT2D eigenvalue weighted by Crippen LogP contribution is 2.27. The lowest BCUT2D eigenvalue weighted by Gasteiger charge is -2.44. The Morgan fingerprint density at radius 3 is 2.80 bits per heavy atom. The summed E-state index contributed by atoms with van der Waals surface area (Å²) in [6, 6.07) is 1.13. The van der Waals surface area contributed by atoms with Crippen LogP contribution in [0.5, 0.6) is 0 Å². The molecule has 1 aliphatic rings. The highest BCUT2D eigenvalue weighted by Gasteiger charge is 2.39. The summed E-state index contributed by atoms with van der Waals surface area (Å²) in [5.74, 6) is 0.284. The third-order valence-corrected chi connectivity index (χ3v) is 3.37. The molecule has 1 aromatic heterocycles. The van der Waals surface area contributed by atoms with E-state index in [0.29, 0.717) is 13.1 Å². The maximum Gasteiger partial charge on any atom is 0.323 e. The van der Waals surface area contributed by atoms with Gasteiger partial charge >= 0.3 is 6.03 Å². The topological polar surface area (TPSA) is 70.4 Å². The minimum Gasteiger partial charge on any atom is -0.390 e. The number of anilines is 1. The quantitative estimate of drug-likeness (QED) is 0.879. The first kappa shape index (κ1) is 14.7. The van der Waals surface area contributed by atoms with Gasteiger partial charge in [0.05, 0.1) is 5.60 Å². The zero-order valence-corrected chi connectivity index (χ0v) is 11.4. The predicted molar refractivity (Wildman–Crippen MR) is 68.6 cm³/mol. The van der Waals surface area contributed by atoms with Gasteiger partial charge in [0.15, 0.2) is 5.82 Å². The van der Waals surface area contributed by atoms with Gasteiger partial charge in [-0.05, 0) is 13.8 Å². The van der Waals surface area contributed by atoms with Crippen molar-refractivity contribution in [1.82, 2.24) is 14.7 Å². The minimum absolute atomic E-state index is 0.0460. The van der Waals surface area contributed by atoms with Crippen molar-refractivity contribution in [3.8, 4) is 0 Å². The number of amides is 2. The molecule has 1 aliphatic heterocycles. The van der Waals surface area contributed by atoms with Gasteiger partial charge in [0.1, 0.15) is 6.54 Å². The molecule has 0 aromatic carbocycles. The number of hydrogen-bond donors (Lipinski definition) is 2. The van der Waals surface area contributed by atoms with Crippen LogP contribution >= 0.6 is 0 Å². The molecule has 2 amide bonds. The molecule has 0 atom stereocenters. The largest absolute Gasteiger partial charge is 0.390 e. The summed E-state index contributed by atoms with van der Waals surface area (Å²) in [6.07, 6.45) is -1.10. The van der Waals surface area contributed by atoms with E-state index in [2.05, 4.69) is 10.4 Å². The monoisotopic (exact) mass is 288 g/mol. The molecule has 2 N–H and O–H groups in total. The number of aliphatic hydroxyl groups is 1. The maximum atomic E-state index is 12.2. The van der Waals surface area contributed by atoms with Crippen LogP contribution < -0.4 is 5.32 Å². The third-order valence-electron chi connectivity index (χ3n) is 3.37. The van der Waals surface area contributed by atoms with E-state index in [9.17, 15) is 18.7 Å². The SMILES string of the molecule is CC(C)(O)C1CN(C(=O)Nc2ccn(CC(F)F)n2)C1. The average molecular weight is 288 g/mol. The molecular weight excluding hydrogens is 270 g/mol. The Morgan fingerprint density at radius 1 is 1.60 bits per heavy atom. The molecule has 112 valence electrons. The highest BCUT2D eigenvalue weighted by molar-refractivity contribution is 5.88. The summed E-state index contributed by atoms with van der Waals surface area (Å²) in [7, 11) is 0. The first-order valence-corrected chi connectivity index (χ1v) is 6.35. The van der Waals surface area contributed by atoms with Gasteiger partial charge in [0.25, 0.3) is 6.43 Å². The Balaban J connectivity index is 1.83. The van der Waals surface area contributed by atoms with Gasteiger partial charge in [-0.1, -0.05) is 0 Å². The first-order chi connectivity index (χ1) is 9.25. The van der Waals surface area contributed by atoms with Crippen LogP contribution in [0.4, 0.5) is 19.4 Å². The number of aromatic nitrogens is 2. The molecule has 2 heterocycles. The van der Waals surface area contributed by atoms with Gasteiger partial charge in [-0.3, -0.25) is 10.00 Å². The molecule has 0 spiro atoms. The third kappa shape index (κ3) is 3.44. The Labute approximate surface area is 115 Å². The van der Waals surface area contributed by atoms with Crippen molar-refractivity contribution in [1.29, 1.82) is 0 Å². The molecule has 6 nitrogen and oxygen atoms in total. The lowest BCUT2D eigenvalue weighted by Crippen LogP contribution is -2.58. The number of nitrogens with zero attached hydrogens (tertiary/aromatic N) is 3. The summed E-state index contributed by atoms with van der Waals surface area (Å²) in [5.41, 5.74) is -0.810. The summed E-state index contributed by atoms with van der Waals surface area (Å²) in [5, 5.41) is 16.1. The number of likely N-dealkylation sites (tertiary alicyclic amines) is 1. The zero-order valence-electron chi connectivity index (χ0n) is 11.4. The summed E-state index contributed by atoms with van der Waals surface area (Å²) < 4.78 is 25.4. The molecular formula is C12H18F2N4O2. The summed E-state index contributed by atoms with van der Waals surface area (Å²) >= 11 is 0. The van der Waals surface area contributed by atoms with Crippen molar-refractivity contribution in [3.63, 3.8) is 0 Å². The van der Waals surface area contributed by atoms with Gasteiger partial charge in [-0.25, -0.2) is 13.6 Å². The smallest absolute Gasteiger partial charge is 0.323 e. The number of halogens is 2. The standard InChI is InChI=1S/C12H18F2N4O2/c1-12(2,20)8-5-17(6-8)11(19)15-10-3-4-18(16-10)7-9(13)14/h3-4,8-9,20H,5-7H2,1-2H3,(H,15,16,19). The summed E-state index contributed by atoms with van der Waals surface area (Å²) in [4.78, 5) is 13.4. The summed E-state index contributed by atoms with van der Waals surface area (Å²) in [6.45, 7) is 3.85. The van der Waals surface area contributed by atoms with Crippen molar-refractivity contribution < 1.29 is 18.7 Å². The fourth-order valence-corrected chi connectivity index (χ4v) is 1.95. The second-order valence-corrected chi connectivity index (χ2v) is 5.50. The van der Waals surface area contributed by atoms with E-state index in [1.54, 1.807) is 13.8 Å². The van der Waals surface area contributed by atoms with Crippen molar-refractivity contribution >= 4 is 11.8 Å². The minimum atomic E-state index is -2.48. The van der Waals surface area contributed by atoms with Gasteiger partial charge < -0.3 is 10.0 Å². The second-order valence-electron chi connectivity index (χ2n) is 5.50. The van der Waals surface area contributed by atoms with Crippen LogP contribution in [0.2, 0.25) is 0 Å². The van der Waals surface area contributed by atoms with E-state index >= 15 is 0 Å². The van der Waals surface area contributed by atoms with Crippen LogP contribution in [0.25, 0.3) is 0 Å². The number of urea groups is 1. The van der Waals surface area contributed by atoms with Crippen molar-refractivity contribution in [2.75, 3.05) is 18.4 Å². The van der Waals surface area contributed by atoms with Crippen LogP contribution in [0.15, 0.2) is 12.3 Å². The zero-order chi connectivity index (χ0) is 14.9. The van der Waals surface area contributed by atoms with Gasteiger partial charge in [-0.2, -0.15) is 5.10 Å². The van der Waals surface area contributed by atoms with Crippen molar-refractivity contribution in [3.05, 3.63) is 12.3 Å². The van der Waals surface area contributed by atoms with E-state index in [1.165, 1.54) is 17.2 Å². The van der Waals surface area contributed by atoms with E-state index < -0.39 is 18.6 Å². The van der Waals surface area contributed by atoms with Crippen molar-refractivity contribution in [2.45, 2.75) is 32.4 Å². The lowest BCUT2D eigenvalue weighted by molar-refractivity contribution is -0.0440. The van der Waals surface area contributed by atoms with Crippen LogP contribution in [0, 0.1) is 5.92 Å².